The highest BCUT2D eigenvalue weighted by atomic mass is 32.2. The number of nitriles is 1. The van der Waals surface area contributed by atoms with Crippen molar-refractivity contribution < 1.29 is 26.7 Å². The molecular weight excluding hydrogens is 318 g/mol. The van der Waals surface area contributed by atoms with Gasteiger partial charge in [-0.05, 0) is 31.2 Å². The number of rotatable bonds is 6. The lowest BCUT2D eigenvalue weighted by Crippen LogP contribution is -2.11. The number of carbonyl (C=O) groups is 1. The fourth-order valence-electron chi connectivity index (χ4n) is 1.34. The van der Waals surface area contributed by atoms with Gasteiger partial charge in [0.15, 0.2) is 5.57 Å². The van der Waals surface area contributed by atoms with Crippen molar-refractivity contribution in [3.8, 4) is 6.07 Å². The van der Waals surface area contributed by atoms with Crippen molar-refractivity contribution in [2.24, 2.45) is 0 Å². The van der Waals surface area contributed by atoms with E-state index < -0.39 is 26.5 Å². The molecule has 1 aromatic carbocycles. The first-order valence-electron chi connectivity index (χ1n) is 5.99. The van der Waals surface area contributed by atoms with Gasteiger partial charge in [0.1, 0.15) is 6.07 Å². The summed E-state index contributed by atoms with van der Waals surface area (Å²) in [6.45, 7) is 1.69. The molecule has 0 aliphatic heterocycles. The second-order valence-corrected chi connectivity index (χ2v) is 5.78. The van der Waals surface area contributed by atoms with Crippen LogP contribution in [0.3, 0.4) is 0 Å². The number of hydrogen-bond donors (Lipinski definition) is 1. The zero-order valence-corrected chi connectivity index (χ0v) is 12.2. The van der Waals surface area contributed by atoms with E-state index in [0.29, 0.717) is 5.69 Å². The molecule has 0 aliphatic rings. The van der Waals surface area contributed by atoms with E-state index in [4.69, 9.17) is 5.26 Å². The van der Waals surface area contributed by atoms with Gasteiger partial charge in [-0.25, -0.2) is 13.2 Å². The molecule has 0 atom stereocenters. The number of nitrogens with one attached hydrogen (secondary N) is 1. The Morgan fingerprint density at radius 3 is 2.45 bits per heavy atom. The lowest BCUT2D eigenvalue weighted by Gasteiger charge is -2.05. The first-order chi connectivity index (χ1) is 10.3. The highest BCUT2D eigenvalue weighted by Crippen LogP contribution is 2.20. The summed E-state index contributed by atoms with van der Waals surface area (Å²) in [5, 5.41) is 11.4. The van der Waals surface area contributed by atoms with Crippen LogP contribution in [-0.4, -0.2) is 26.8 Å². The standard InChI is InChI=1S/C13H12F2N2O4S/c1-2-21-12(18)9(7-16)8-17-10-3-5-11(6-4-10)22(19,20)13(14)15/h3-6,8,13,17H,2H2,1H3/b9-8+. The van der Waals surface area contributed by atoms with Crippen molar-refractivity contribution in [2.75, 3.05) is 11.9 Å². The number of anilines is 1. The summed E-state index contributed by atoms with van der Waals surface area (Å²) in [4.78, 5) is 10.8. The van der Waals surface area contributed by atoms with Gasteiger partial charge in [0, 0.05) is 11.9 Å². The van der Waals surface area contributed by atoms with Gasteiger partial charge in [-0.2, -0.15) is 14.0 Å². The van der Waals surface area contributed by atoms with E-state index in [1.165, 1.54) is 12.1 Å². The van der Waals surface area contributed by atoms with Crippen molar-refractivity contribution in [2.45, 2.75) is 17.6 Å². The molecule has 0 fully saturated rings. The number of esters is 1. The van der Waals surface area contributed by atoms with Crippen LogP contribution < -0.4 is 5.32 Å². The zero-order chi connectivity index (χ0) is 16.8. The first-order valence-corrected chi connectivity index (χ1v) is 7.53. The molecule has 0 heterocycles. The van der Waals surface area contributed by atoms with E-state index in [-0.39, 0.29) is 12.2 Å². The molecule has 22 heavy (non-hydrogen) atoms. The second kappa shape index (κ2) is 7.51. The SMILES string of the molecule is CCOC(=O)/C(C#N)=C/Nc1ccc(S(=O)(=O)C(F)F)cc1. The molecule has 0 saturated heterocycles. The Bertz CT molecular complexity index is 707. The van der Waals surface area contributed by atoms with E-state index in [1.807, 2.05) is 0 Å². The van der Waals surface area contributed by atoms with Crippen LogP contribution in [0.5, 0.6) is 0 Å². The number of alkyl halides is 2. The van der Waals surface area contributed by atoms with Gasteiger partial charge in [0.2, 0.25) is 9.84 Å². The van der Waals surface area contributed by atoms with Crippen molar-refractivity contribution in [1.29, 1.82) is 5.26 Å². The van der Waals surface area contributed by atoms with Gasteiger partial charge in [0.05, 0.1) is 11.5 Å². The summed E-state index contributed by atoms with van der Waals surface area (Å²) in [5.74, 6) is -4.31. The quantitative estimate of drug-likeness (QED) is 0.487. The van der Waals surface area contributed by atoms with E-state index in [0.717, 1.165) is 18.3 Å². The van der Waals surface area contributed by atoms with Crippen LogP contribution in [0.4, 0.5) is 14.5 Å². The third kappa shape index (κ3) is 4.26. The maximum Gasteiger partial charge on any atom is 0.350 e. The Balaban J connectivity index is 2.89. The van der Waals surface area contributed by atoms with Crippen molar-refractivity contribution in [1.82, 2.24) is 0 Å². The number of ether oxygens (including phenoxy) is 1. The van der Waals surface area contributed by atoms with E-state index in [2.05, 4.69) is 10.1 Å². The van der Waals surface area contributed by atoms with Gasteiger partial charge >= 0.3 is 11.7 Å². The first kappa shape index (κ1) is 17.6. The van der Waals surface area contributed by atoms with Gasteiger partial charge in [-0.3, -0.25) is 0 Å². The Morgan fingerprint density at radius 1 is 1.41 bits per heavy atom. The maximum absolute atomic E-state index is 12.4. The zero-order valence-electron chi connectivity index (χ0n) is 11.4. The Labute approximate surface area is 125 Å². The predicted molar refractivity (Wildman–Crippen MR) is 73.6 cm³/mol. The minimum Gasteiger partial charge on any atom is -0.462 e. The minimum absolute atomic E-state index is 0.109. The van der Waals surface area contributed by atoms with E-state index in [1.54, 1.807) is 13.0 Å². The molecule has 0 aliphatic carbocycles. The summed E-state index contributed by atoms with van der Waals surface area (Å²) >= 11 is 0. The molecule has 0 saturated carbocycles. The number of hydrogen-bond acceptors (Lipinski definition) is 6. The van der Waals surface area contributed by atoms with E-state index >= 15 is 0 Å². The summed E-state index contributed by atoms with van der Waals surface area (Å²) in [6, 6.07) is 6.08. The molecule has 0 aromatic heterocycles. The molecule has 1 rings (SSSR count). The third-order valence-corrected chi connectivity index (χ3v) is 3.81. The largest absolute Gasteiger partial charge is 0.462 e. The lowest BCUT2D eigenvalue weighted by molar-refractivity contribution is -0.138. The lowest BCUT2D eigenvalue weighted by atomic mass is 10.3. The summed E-state index contributed by atoms with van der Waals surface area (Å²) in [5.41, 5.74) is 0.0244. The number of halogens is 2. The molecule has 0 amide bonds. The molecule has 9 heteroatoms. The Morgan fingerprint density at radius 2 is 2.00 bits per heavy atom. The third-order valence-electron chi connectivity index (χ3n) is 2.42. The Kier molecular flexibility index (Phi) is 6.00. The van der Waals surface area contributed by atoms with Crippen LogP contribution in [0.25, 0.3) is 0 Å². The maximum atomic E-state index is 12.4. The van der Waals surface area contributed by atoms with Crippen molar-refractivity contribution in [3.63, 3.8) is 0 Å². The summed E-state index contributed by atoms with van der Waals surface area (Å²) in [7, 11) is -4.65. The average Bonchev–Trinajstić information content (AvgIpc) is 2.48. The predicted octanol–water partition coefficient (Wildman–Crippen LogP) is 2.07. The highest BCUT2D eigenvalue weighted by Gasteiger charge is 2.26. The molecule has 0 radical (unpaired) electrons. The highest BCUT2D eigenvalue weighted by molar-refractivity contribution is 7.91. The minimum atomic E-state index is -4.65. The van der Waals surface area contributed by atoms with Crippen molar-refractivity contribution in [3.05, 3.63) is 36.0 Å². The number of benzene rings is 1. The van der Waals surface area contributed by atoms with Crippen LogP contribution >= 0.6 is 0 Å². The average molecular weight is 330 g/mol. The van der Waals surface area contributed by atoms with Crippen LogP contribution in [-0.2, 0) is 19.4 Å². The smallest absolute Gasteiger partial charge is 0.350 e. The summed E-state index contributed by atoms with van der Waals surface area (Å²) in [6.07, 6.45) is 1.08. The molecule has 0 bridgehead atoms. The molecule has 1 aromatic rings. The molecule has 1 N–H and O–H groups in total. The molecular formula is C13H12F2N2O4S. The topological polar surface area (TPSA) is 96.3 Å². The van der Waals surface area contributed by atoms with Crippen LogP contribution in [0.15, 0.2) is 40.9 Å². The fraction of sp³-hybridized carbons (Fsp3) is 0.231. The normalized spacial score (nSPS) is 11.9. The van der Waals surface area contributed by atoms with Gasteiger partial charge in [0.25, 0.3) is 0 Å². The molecule has 0 spiro atoms. The number of sulfone groups is 1. The van der Waals surface area contributed by atoms with Crippen LogP contribution in [0.1, 0.15) is 6.92 Å². The fourth-order valence-corrected chi connectivity index (χ4v) is 2.07. The van der Waals surface area contributed by atoms with Gasteiger partial charge in [-0.15, -0.1) is 0 Å². The molecule has 6 nitrogen and oxygen atoms in total. The Hall–Kier alpha value is -2.47. The van der Waals surface area contributed by atoms with Crippen LogP contribution in [0.2, 0.25) is 0 Å². The van der Waals surface area contributed by atoms with E-state index in [9.17, 15) is 22.0 Å². The van der Waals surface area contributed by atoms with Crippen molar-refractivity contribution >= 4 is 21.5 Å². The number of carbonyl (C=O) groups excluding carboxylic acids is 1. The van der Waals surface area contributed by atoms with Gasteiger partial charge < -0.3 is 10.1 Å². The monoisotopic (exact) mass is 330 g/mol. The number of nitrogens with zero attached hydrogens (tertiary/aromatic N) is 1. The van der Waals surface area contributed by atoms with Gasteiger partial charge in [-0.1, -0.05) is 0 Å². The molecule has 118 valence electrons. The second-order valence-electron chi connectivity index (χ2n) is 3.86. The summed E-state index contributed by atoms with van der Waals surface area (Å²) < 4.78 is 51.8. The van der Waals surface area contributed by atoms with Crippen LogP contribution in [0, 0.1) is 11.3 Å². The molecule has 0 unspecified atom stereocenters.